The summed E-state index contributed by atoms with van der Waals surface area (Å²) in [4.78, 5) is 0. The number of hydrogen-bond donors (Lipinski definition) is 2. The average molecular weight is 239 g/mol. The monoisotopic (exact) mass is 239 g/mol. The normalized spacial score (nSPS) is 24.2. The highest BCUT2D eigenvalue weighted by atomic mass is 16.5. The summed E-state index contributed by atoms with van der Waals surface area (Å²) in [7, 11) is 0. The fourth-order valence-corrected chi connectivity index (χ4v) is 2.22. The van der Waals surface area contributed by atoms with Gasteiger partial charge in [-0.2, -0.15) is 0 Å². The number of hydrogen-bond acceptors (Lipinski definition) is 5. The third kappa shape index (κ3) is 2.42. The number of nitrogens with one attached hydrogen (secondary N) is 1. The van der Waals surface area contributed by atoms with E-state index < -0.39 is 0 Å². The van der Waals surface area contributed by atoms with Crippen LogP contribution in [0.2, 0.25) is 0 Å². The zero-order valence-corrected chi connectivity index (χ0v) is 10.5. The van der Waals surface area contributed by atoms with Gasteiger partial charge >= 0.3 is 0 Å². The Morgan fingerprint density at radius 3 is 2.82 bits per heavy atom. The number of ether oxygens (including phenoxy) is 1. The molecule has 0 aromatic carbocycles. The van der Waals surface area contributed by atoms with Gasteiger partial charge in [-0.15, -0.1) is 10.2 Å². The molecule has 1 aromatic heterocycles. The number of nitrogens with zero attached hydrogens (tertiary/aromatic N) is 3. The summed E-state index contributed by atoms with van der Waals surface area (Å²) < 4.78 is 7.93. The van der Waals surface area contributed by atoms with E-state index in [9.17, 15) is 0 Å². The van der Waals surface area contributed by atoms with Gasteiger partial charge < -0.3 is 15.8 Å². The first kappa shape index (κ1) is 12.3. The highest BCUT2D eigenvalue weighted by molar-refractivity contribution is 5.26. The molecule has 0 bridgehead atoms. The Hall–Kier alpha value is -1.14. The molecule has 6 nitrogen and oxygen atoms in total. The summed E-state index contributed by atoms with van der Waals surface area (Å²) in [5.74, 6) is 1.74. The Bertz CT molecular complexity index is 365. The van der Waals surface area contributed by atoms with E-state index >= 15 is 0 Å². The van der Waals surface area contributed by atoms with Gasteiger partial charge in [0.2, 0.25) is 5.95 Å². The zero-order chi connectivity index (χ0) is 12.3. The van der Waals surface area contributed by atoms with Gasteiger partial charge in [0.1, 0.15) is 6.10 Å². The Kier molecular flexibility index (Phi) is 3.96. The maximum atomic E-state index is 5.85. The number of anilines is 1. The molecule has 96 valence electrons. The number of aromatic nitrogens is 3. The molecule has 1 saturated heterocycles. The lowest BCUT2D eigenvalue weighted by atomic mass is 10.2. The van der Waals surface area contributed by atoms with Crippen LogP contribution >= 0.6 is 0 Å². The molecule has 17 heavy (non-hydrogen) atoms. The SMILES string of the molecule is CCNc1nnc(C2CCC(CN)O2)n1CC. The summed E-state index contributed by atoms with van der Waals surface area (Å²) in [6, 6.07) is 0. The molecule has 6 heteroatoms. The minimum atomic E-state index is 0.0448. The third-order valence-corrected chi connectivity index (χ3v) is 3.09. The summed E-state index contributed by atoms with van der Waals surface area (Å²) in [6.45, 7) is 6.40. The van der Waals surface area contributed by atoms with E-state index in [-0.39, 0.29) is 12.2 Å². The van der Waals surface area contributed by atoms with Crippen LogP contribution in [0.3, 0.4) is 0 Å². The Labute approximate surface area is 102 Å². The largest absolute Gasteiger partial charge is 0.366 e. The topological polar surface area (TPSA) is 78.0 Å². The van der Waals surface area contributed by atoms with Gasteiger partial charge in [-0.3, -0.25) is 4.57 Å². The fourth-order valence-electron chi connectivity index (χ4n) is 2.22. The highest BCUT2D eigenvalue weighted by Gasteiger charge is 2.29. The first-order valence-electron chi connectivity index (χ1n) is 6.32. The van der Waals surface area contributed by atoms with Crippen molar-refractivity contribution in [1.29, 1.82) is 0 Å². The molecule has 2 atom stereocenters. The van der Waals surface area contributed by atoms with Crippen molar-refractivity contribution in [2.24, 2.45) is 5.73 Å². The molecule has 2 heterocycles. The minimum absolute atomic E-state index is 0.0448. The quantitative estimate of drug-likeness (QED) is 0.798. The number of nitrogens with two attached hydrogens (primary N) is 1. The van der Waals surface area contributed by atoms with Crippen LogP contribution in [-0.4, -0.2) is 34.0 Å². The first-order valence-corrected chi connectivity index (χ1v) is 6.32. The van der Waals surface area contributed by atoms with E-state index in [2.05, 4.69) is 27.0 Å². The summed E-state index contributed by atoms with van der Waals surface area (Å²) >= 11 is 0. The highest BCUT2D eigenvalue weighted by Crippen LogP contribution is 2.32. The lowest BCUT2D eigenvalue weighted by molar-refractivity contribution is 0.0427. The Morgan fingerprint density at radius 2 is 2.24 bits per heavy atom. The van der Waals surface area contributed by atoms with Crippen molar-refractivity contribution >= 4 is 5.95 Å². The zero-order valence-electron chi connectivity index (χ0n) is 10.5. The number of rotatable bonds is 5. The van der Waals surface area contributed by atoms with Crippen molar-refractivity contribution in [2.45, 2.75) is 45.4 Å². The van der Waals surface area contributed by atoms with Crippen molar-refractivity contribution in [1.82, 2.24) is 14.8 Å². The van der Waals surface area contributed by atoms with Crippen molar-refractivity contribution in [2.75, 3.05) is 18.4 Å². The van der Waals surface area contributed by atoms with Crippen LogP contribution in [0.1, 0.15) is 38.6 Å². The molecule has 1 aromatic rings. The lowest BCUT2D eigenvalue weighted by Crippen LogP contribution is -2.19. The van der Waals surface area contributed by atoms with Gasteiger partial charge in [-0.1, -0.05) is 0 Å². The van der Waals surface area contributed by atoms with Crippen LogP contribution in [0.4, 0.5) is 5.95 Å². The summed E-state index contributed by atoms with van der Waals surface area (Å²) in [6.07, 6.45) is 2.20. The molecular formula is C11H21N5O. The molecule has 0 spiro atoms. The van der Waals surface area contributed by atoms with Crippen LogP contribution < -0.4 is 11.1 Å². The van der Waals surface area contributed by atoms with Gasteiger partial charge in [0.05, 0.1) is 6.10 Å². The van der Waals surface area contributed by atoms with Crippen LogP contribution in [0.5, 0.6) is 0 Å². The predicted molar refractivity (Wildman–Crippen MR) is 65.8 cm³/mol. The molecule has 2 unspecified atom stereocenters. The third-order valence-electron chi connectivity index (χ3n) is 3.09. The second-order valence-corrected chi connectivity index (χ2v) is 4.22. The minimum Gasteiger partial charge on any atom is -0.366 e. The second kappa shape index (κ2) is 5.46. The standard InChI is InChI=1S/C11H21N5O/c1-3-13-11-15-14-10(16(11)4-2)9-6-5-8(7-12)17-9/h8-9H,3-7,12H2,1-2H3,(H,13,15). The van der Waals surface area contributed by atoms with Gasteiger partial charge in [-0.25, -0.2) is 0 Å². The van der Waals surface area contributed by atoms with Gasteiger partial charge in [0.25, 0.3) is 0 Å². The van der Waals surface area contributed by atoms with Crippen LogP contribution in [0.25, 0.3) is 0 Å². The molecule has 3 N–H and O–H groups in total. The van der Waals surface area contributed by atoms with Gasteiger partial charge in [0, 0.05) is 19.6 Å². The van der Waals surface area contributed by atoms with E-state index in [1.54, 1.807) is 0 Å². The predicted octanol–water partition coefficient (Wildman–Crippen LogP) is 0.909. The summed E-state index contributed by atoms with van der Waals surface area (Å²) in [5.41, 5.74) is 5.62. The van der Waals surface area contributed by atoms with Crippen LogP contribution in [0, 0.1) is 0 Å². The first-order chi connectivity index (χ1) is 8.30. The van der Waals surface area contributed by atoms with Crippen molar-refractivity contribution < 1.29 is 4.74 Å². The van der Waals surface area contributed by atoms with Crippen molar-refractivity contribution in [3.05, 3.63) is 5.82 Å². The van der Waals surface area contributed by atoms with E-state index in [0.717, 1.165) is 37.7 Å². The van der Waals surface area contributed by atoms with E-state index in [1.807, 2.05) is 6.92 Å². The van der Waals surface area contributed by atoms with E-state index in [1.165, 1.54) is 0 Å². The maximum Gasteiger partial charge on any atom is 0.224 e. The molecule has 0 radical (unpaired) electrons. The van der Waals surface area contributed by atoms with E-state index in [4.69, 9.17) is 10.5 Å². The molecule has 1 fully saturated rings. The molecule has 1 aliphatic heterocycles. The van der Waals surface area contributed by atoms with Crippen LogP contribution in [0.15, 0.2) is 0 Å². The van der Waals surface area contributed by atoms with Gasteiger partial charge in [-0.05, 0) is 26.7 Å². The molecule has 2 rings (SSSR count). The molecular weight excluding hydrogens is 218 g/mol. The average Bonchev–Trinajstić information content (AvgIpc) is 2.94. The molecule has 0 saturated carbocycles. The lowest BCUT2D eigenvalue weighted by Gasteiger charge is -2.13. The maximum absolute atomic E-state index is 5.85. The summed E-state index contributed by atoms with van der Waals surface area (Å²) in [5, 5.41) is 11.6. The Balaban J connectivity index is 2.15. The van der Waals surface area contributed by atoms with Crippen LogP contribution in [-0.2, 0) is 11.3 Å². The smallest absolute Gasteiger partial charge is 0.224 e. The molecule has 1 aliphatic rings. The Morgan fingerprint density at radius 1 is 1.41 bits per heavy atom. The van der Waals surface area contributed by atoms with E-state index in [0.29, 0.717) is 6.54 Å². The second-order valence-electron chi connectivity index (χ2n) is 4.22. The van der Waals surface area contributed by atoms with Crippen molar-refractivity contribution in [3.63, 3.8) is 0 Å². The van der Waals surface area contributed by atoms with Crippen molar-refractivity contribution in [3.8, 4) is 0 Å². The van der Waals surface area contributed by atoms with Gasteiger partial charge in [0.15, 0.2) is 5.82 Å². The molecule has 0 aliphatic carbocycles. The fraction of sp³-hybridized carbons (Fsp3) is 0.818. The molecule has 0 amide bonds.